The predicted octanol–water partition coefficient (Wildman–Crippen LogP) is 3.09. The molecular formula is C13H21NO2. The zero-order valence-corrected chi connectivity index (χ0v) is 10.3. The highest BCUT2D eigenvalue weighted by Gasteiger charge is 2.05. The van der Waals surface area contributed by atoms with E-state index in [1.807, 2.05) is 18.2 Å². The molecule has 0 unspecified atom stereocenters. The molecule has 1 rings (SSSR count). The van der Waals surface area contributed by atoms with Crippen LogP contribution in [0.25, 0.3) is 0 Å². The first-order valence-corrected chi connectivity index (χ1v) is 5.70. The summed E-state index contributed by atoms with van der Waals surface area (Å²) >= 11 is 0. The number of hydrogen-bond donors (Lipinski definition) is 1. The normalized spacial score (nSPS) is 10.5. The summed E-state index contributed by atoms with van der Waals surface area (Å²) in [6.07, 6.45) is 2.22. The first kappa shape index (κ1) is 12.7. The highest BCUT2D eigenvalue weighted by Crippen LogP contribution is 2.30. The minimum Gasteiger partial charge on any atom is -0.494 e. The average Bonchev–Trinajstić information content (AvgIpc) is 2.26. The summed E-state index contributed by atoms with van der Waals surface area (Å²) in [5.41, 5.74) is 6.46. The molecule has 1 aromatic rings. The van der Waals surface area contributed by atoms with Crippen molar-refractivity contribution in [2.45, 2.75) is 26.7 Å². The Labute approximate surface area is 97.6 Å². The first-order valence-electron chi connectivity index (χ1n) is 5.70. The van der Waals surface area contributed by atoms with Crippen LogP contribution < -0.4 is 15.2 Å². The van der Waals surface area contributed by atoms with Crippen LogP contribution in [0.2, 0.25) is 0 Å². The molecule has 0 radical (unpaired) electrons. The Hall–Kier alpha value is -1.38. The van der Waals surface area contributed by atoms with Gasteiger partial charge in [-0.05, 0) is 30.9 Å². The van der Waals surface area contributed by atoms with Crippen molar-refractivity contribution in [3.05, 3.63) is 18.2 Å². The number of rotatable bonds is 6. The molecule has 0 saturated heterocycles. The molecule has 2 N–H and O–H groups in total. The molecule has 0 fully saturated rings. The van der Waals surface area contributed by atoms with Crippen molar-refractivity contribution in [3.63, 3.8) is 0 Å². The number of benzene rings is 1. The molecule has 0 aliphatic rings. The maximum absolute atomic E-state index is 5.89. The summed E-state index contributed by atoms with van der Waals surface area (Å²) in [6, 6.07) is 5.58. The van der Waals surface area contributed by atoms with Crippen molar-refractivity contribution in [2.24, 2.45) is 5.92 Å². The second-order valence-corrected chi connectivity index (χ2v) is 4.26. The zero-order chi connectivity index (χ0) is 12.0. The molecule has 0 aromatic heterocycles. The molecule has 0 bridgehead atoms. The van der Waals surface area contributed by atoms with Crippen LogP contribution in [0, 0.1) is 5.92 Å². The number of hydrogen-bond acceptors (Lipinski definition) is 3. The highest BCUT2D eigenvalue weighted by atomic mass is 16.5. The van der Waals surface area contributed by atoms with Crippen LogP contribution in [0.5, 0.6) is 11.5 Å². The summed E-state index contributed by atoms with van der Waals surface area (Å²) in [6.45, 7) is 5.12. The molecule has 0 atom stereocenters. The molecule has 1 aromatic carbocycles. The van der Waals surface area contributed by atoms with E-state index in [4.69, 9.17) is 15.2 Å². The van der Waals surface area contributed by atoms with Crippen LogP contribution in [-0.4, -0.2) is 13.7 Å². The number of nitrogens with two attached hydrogens (primary N) is 1. The van der Waals surface area contributed by atoms with Crippen LogP contribution in [-0.2, 0) is 0 Å². The molecule has 0 heterocycles. The van der Waals surface area contributed by atoms with E-state index in [1.165, 1.54) is 6.42 Å². The SMILES string of the molecule is COc1cccc(OCCCC(C)C)c1N. The quantitative estimate of drug-likeness (QED) is 0.595. The lowest BCUT2D eigenvalue weighted by Crippen LogP contribution is -2.02. The van der Waals surface area contributed by atoms with Gasteiger partial charge in [0.1, 0.15) is 17.2 Å². The Morgan fingerprint density at radius 3 is 2.56 bits per heavy atom. The highest BCUT2D eigenvalue weighted by molar-refractivity contribution is 5.62. The Balaban J connectivity index is 2.47. The summed E-state index contributed by atoms with van der Waals surface area (Å²) in [7, 11) is 1.61. The Bertz CT molecular complexity index is 324. The van der Waals surface area contributed by atoms with Gasteiger partial charge in [-0.1, -0.05) is 19.9 Å². The van der Waals surface area contributed by atoms with Crippen LogP contribution >= 0.6 is 0 Å². The van der Waals surface area contributed by atoms with E-state index in [0.29, 0.717) is 29.7 Å². The Morgan fingerprint density at radius 2 is 1.94 bits per heavy atom. The molecule has 0 amide bonds. The number of ether oxygens (including phenoxy) is 2. The van der Waals surface area contributed by atoms with Gasteiger partial charge in [0.25, 0.3) is 0 Å². The summed E-state index contributed by atoms with van der Waals surface area (Å²) < 4.78 is 10.7. The van der Waals surface area contributed by atoms with Gasteiger partial charge in [0, 0.05) is 0 Å². The first-order chi connectivity index (χ1) is 7.65. The summed E-state index contributed by atoms with van der Waals surface area (Å²) in [4.78, 5) is 0. The Morgan fingerprint density at radius 1 is 1.25 bits per heavy atom. The van der Waals surface area contributed by atoms with E-state index in [2.05, 4.69) is 13.8 Å². The third-order valence-electron chi connectivity index (χ3n) is 2.43. The van der Waals surface area contributed by atoms with Gasteiger partial charge in [0.15, 0.2) is 0 Å². The smallest absolute Gasteiger partial charge is 0.146 e. The number of para-hydroxylation sites is 1. The summed E-state index contributed by atoms with van der Waals surface area (Å²) in [5, 5.41) is 0. The minimum atomic E-state index is 0.578. The maximum Gasteiger partial charge on any atom is 0.146 e. The van der Waals surface area contributed by atoms with Crippen molar-refractivity contribution in [2.75, 3.05) is 19.5 Å². The molecular weight excluding hydrogens is 202 g/mol. The van der Waals surface area contributed by atoms with Gasteiger partial charge in [0.2, 0.25) is 0 Å². The zero-order valence-electron chi connectivity index (χ0n) is 10.3. The van der Waals surface area contributed by atoms with Crippen LogP contribution in [0.3, 0.4) is 0 Å². The fourth-order valence-electron chi connectivity index (χ4n) is 1.50. The lowest BCUT2D eigenvalue weighted by molar-refractivity contribution is 0.297. The van der Waals surface area contributed by atoms with Crippen LogP contribution in [0.4, 0.5) is 5.69 Å². The third kappa shape index (κ3) is 3.65. The monoisotopic (exact) mass is 223 g/mol. The van der Waals surface area contributed by atoms with Crippen LogP contribution in [0.15, 0.2) is 18.2 Å². The topological polar surface area (TPSA) is 44.5 Å². The predicted molar refractivity (Wildman–Crippen MR) is 67.0 cm³/mol. The average molecular weight is 223 g/mol. The lowest BCUT2D eigenvalue weighted by Gasteiger charge is -2.12. The fraction of sp³-hybridized carbons (Fsp3) is 0.538. The minimum absolute atomic E-state index is 0.578. The van der Waals surface area contributed by atoms with Crippen molar-refractivity contribution in [3.8, 4) is 11.5 Å². The molecule has 0 spiro atoms. The van der Waals surface area contributed by atoms with Gasteiger partial charge in [0.05, 0.1) is 13.7 Å². The Kier molecular flexibility index (Phi) is 4.96. The molecule has 90 valence electrons. The lowest BCUT2D eigenvalue weighted by atomic mass is 10.1. The van der Waals surface area contributed by atoms with Crippen molar-refractivity contribution in [1.82, 2.24) is 0 Å². The van der Waals surface area contributed by atoms with Crippen molar-refractivity contribution in [1.29, 1.82) is 0 Å². The van der Waals surface area contributed by atoms with Gasteiger partial charge >= 0.3 is 0 Å². The molecule has 0 saturated carbocycles. The van der Waals surface area contributed by atoms with Gasteiger partial charge < -0.3 is 15.2 Å². The molecule has 0 aliphatic heterocycles. The van der Waals surface area contributed by atoms with Gasteiger partial charge in [-0.15, -0.1) is 0 Å². The number of nitrogen functional groups attached to an aromatic ring is 1. The second-order valence-electron chi connectivity index (χ2n) is 4.26. The van der Waals surface area contributed by atoms with E-state index in [9.17, 15) is 0 Å². The molecule has 16 heavy (non-hydrogen) atoms. The van der Waals surface area contributed by atoms with E-state index in [1.54, 1.807) is 7.11 Å². The fourth-order valence-corrected chi connectivity index (χ4v) is 1.50. The van der Waals surface area contributed by atoms with Crippen molar-refractivity contribution >= 4 is 5.69 Å². The standard InChI is InChI=1S/C13H21NO2/c1-10(2)6-5-9-16-12-8-4-7-11(15-3)13(12)14/h4,7-8,10H,5-6,9,14H2,1-3H3. The van der Waals surface area contributed by atoms with Crippen LogP contribution in [0.1, 0.15) is 26.7 Å². The number of anilines is 1. The molecule has 3 nitrogen and oxygen atoms in total. The number of methoxy groups -OCH3 is 1. The van der Waals surface area contributed by atoms with Crippen molar-refractivity contribution < 1.29 is 9.47 Å². The largest absolute Gasteiger partial charge is 0.494 e. The van der Waals surface area contributed by atoms with E-state index < -0.39 is 0 Å². The van der Waals surface area contributed by atoms with Gasteiger partial charge in [-0.25, -0.2) is 0 Å². The van der Waals surface area contributed by atoms with E-state index in [0.717, 1.165) is 6.42 Å². The molecule has 3 heteroatoms. The molecule has 0 aliphatic carbocycles. The third-order valence-corrected chi connectivity index (χ3v) is 2.43. The van der Waals surface area contributed by atoms with Gasteiger partial charge in [-0.2, -0.15) is 0 Å². The van der Waals surface area contributed by atoms with E-state index >= 15 is 0 Å². The van der Waals surface area contributed by atoms with E-state index in [-0.39, 0.29) is 0 Å². The maximum atomic E-state index is 5.89. The van der Waals surface area contributed by atoms with Gasteiger partial charge in [-0.3, -0.25) is 0 Å². The summed E-state index contributed by atoms with van der Waals surface area (Å²) in [5.74, 6) is 2.09. The second kappa shape index (κ2) is 6.26.